The number of ketones is 2. The van der Waals surface area contributed by atoms with E-state index in [9.17, 15) is 19.2 Å². The number of hydrogen-bond donors (Lipinski definition) is 0. The van der Waals surface area contributed by atoms with E-state index >= 15 is 0 Å². The van der Waals surface area contributed by atoms with Crippen LogP contribution in [0.3, 0.4) is 0 Å². The molecule has 0 radical (unpaired) electrons. The molecule has 198 valence electrons. The van der Waals surface area contributed by atoms with Crippen LogP contribution in [0.1, 0.15) is 20.7 Å². The number of anilines is 1. The Morgan fingerprint density at radius 2 is 1.55 bits per heavy atom. The molecule has 4 aliphatic rings. The number of rotatable bonds is 5. The number of nitrogens with zero attached hydrogens (tertiary/aromatic N) is 2. The number of fused-ring (bicyclic) bond motifs is 4. The maximum atomic E-state index is 14.0. The van der Waals surface area contributed by atoms with Crippen molar-refractivity contribution in [1.82, 2.24) is 4.90 Å². The SMILES string of the molecule is O=C(C1=C[C@H]2[C@@H]3C(=O)N(c4ccc5c(c4)OCO5)C(=O)[C@@H]3[C@H](C(=O)c3ccc(Br)cc3)N2C=C1)c1ccccc1. The fourth-order valence-corrected chi connectivity index (χ4v) is 6.28. The number of benzene rings is 3. The molecule has 7 rings (SSSR count). The summed E-state index contributed by atoms with van der Waals surface area (Å²) in [5.74, 6) is -2.17. The lowest BCUT2D eigenvalue weighted by molar-refractivity contribution is -0.123. The summed E-state index contributed by atoms with van der Waals surface area (Å²) in [4.78, 5) is 58.1. The van der Waals surface area contributed by atoms with Gasteiger partial charge in [-0.1, -0.05) is 64.5 Å². The number of carbonyl (C=O) groups excluding carboxylic acids is 4. The highest BCUT2D eigenvalue weighted by Gasteiger charge is 2.63. The minimum atomic E-state index is -0.939. The molecule has 3 aromatic carbocycles. The number of halogens is 1. The fourth-order valence-electron chi connectivity index (χ4n) is 6.02. The first kappa shape index (κ1) is 24.5. The number of hydrogen-bond acceptors (Lipinski definition) is 7. The molecule has 2 saturated heterocycles. The van der Waals surface area contributed by atoms with E-state index in [1.54, 1.807) is 90.0 Å². The second kappa shape index (κ2) is 9.31. The van der Waals surface area contributed by atoms with Crippen molar-refractivity contribution in [2.24, 2.45) is 11.8 Å². The molecule has 4 atom stereocenters. The van der Waals surface area contributed by atoms with Crippen LogP contribution in [-0.2, 0) is 9.59 Å². The van der Waals surface area contributed by atoms with Crippen molar-refractivity contribution in [1.29, 1.82) is 0 Å². The first-order valence-electron chi connectivity index (χ1n) is 12.8. The molecule has 0 unspecified atom stereocenters. The highest BCUT2D eigenvalue weighted by molar-refractivity contribution is 9.10. The Labute approximate surface area is 237 Å². The Morgan fingerprint density at radius 1 is 0.825 bits per heavy atom. The Balaban J connectivity index is 1.30. The molecule has 8 nitrogen and oxygen atoms in total. The lowest BCUT2D eigenvalue weighted by Gasteiger charge is -2.32. The Kier molecular flexibility index (Phi) is 5.71. The van der Waals surface area contributed by atoms with Gasteiger partial charge >= 0.3 is 0 Å². The molecule has 4 heterocycles. The van der Waals surface area contributed by atoms with E-state index in [-0.39, 0.29) is 18.4 Å². The van der Waals surface area contributed by atoms with Crippen LogP contribution in [0.25, 0.3) is 0 Å². The van der Waals surface area contributed by atoms with Gasteiger partial charge in [-0.3, -0.25) is 19.2 Å². The van der Waals surface area contributed by atoms with Gasteiger partial charge in [-0.25, -0.2) is 4.90 Å². The number of ether oxygens (including phenoxy) is 2. The molecule has 9 heteroatoms. The van der Waals surface area contributed by atoms with E-state index in [1.165, 1.54) is 0 Å². The van der Waals surface area contributed by atoms with Crippen molar-refractivity contribution in [3.8, 4) is 11.5 Å². The first-order valence-corrected chi connectivity index (χ1v) is 13.6. The van der Waals surface area contributed by atoms with Gasteiger partial charge in [0, 0.05) is 33.4 Å². The van der Waals surface area contributed by atoms with Gasteiger partial charge in [0.05, 0.1) is 23.6 Å². The van der Waals surface area contributed by atoms with Crippen LogP contribution in [0.2, 0.25) is 0 Å². The zero-order valence-corrected chi connectivity index (χ0v) is 22.5. The maximum Gasteiger partial charge on any atom is 0.240 e. The van der Waals surface area contributed by atoms with Crippen LogP contribution in [-0.4, -0.2) is 47.2 Å². The summed E-state index contributed by atoms with van der Waals surface area (Å²) in [6, 6.07) is 19.1. The molecule has 2 fully saturated rings. The Morgan fingerprint density at radius 3 is 2.33 bits per heavy atom. The van der Waals surface area contributed by atoms with E-state index < -0.39 is 35.7 Å². The standard InChI is InChI=1S/C31H21BrN2O6/c32-20-8-6-18(7-9-20)29(36)27-26-25(22-14-19(12-13-33(22)27)28(35)17-4-2-1-3-5-17)30(37)34(31(26)38)21-10-11-23-24(15-21)40-16-39-23/h1-15,22,25-27H,16H2/t22-,25-,26-,27+/m0/s1. The van der Waals surface area contributed by atoms with Gasteiger partial charge in [0.1, 0.15) is 6.04 Å². The zero-order chi connectivity index (χ0) is 27.5. The second-order valence-electron chi connectivity index (χ2n) is 9.99. The predicted octanol–water partition coefficient (Wildman–Crippen LogP) is 4.56. The molecule has 0 bridgehead atoms. The summed E-state index contributed by atoms with van der Waals surface area (Å²) in [6.45, 7) is 0.0576. The normalized spacial score (nSPS) is 24.2. The van der Waals surface area contributed by atoms with Crippen LogP contribution in [0.4, 0.5) is 5.69 Å². The molecule has 4 aliphatic heterocycles. The smallest absolute Gasteiger partial charge is 0.240 e. The van der Waals surface area contributed by atoms with Crippen molar-refractivity contribution in [2.75, 3.05) is 11.7 Å². The first-order chi connectivity index (χ1) is 19.4. The molecule has 40 heavy (non-hydrogen) atoms. The third kappa shape index (κ3) is 3.72. The lowest BCUT2D eigenvalue weighted by atomic mass is 9.85. The minimum absolute atomic E-state index is 0.0576. The van der Waals surface area contributed by atoms with E-state index in [1.807, 2.05) is 6.07 Å². The predicted molar refractivity (Wildman–Crippen MR) is 148 cm³/mol. The number of carbonyl (C=O) groups is 4. The van der Waals surface area contributed by atoms with E-state index in [2.05, 4.69) is 15.9 Å². The molecule has 0 aromatic heterocycles. The van der Waals surface area contributed by atoms with Gasteiger partial charge in [-0.15, -0.1) is 0 Å². The average Bonchev–Trinajstić information content (AvgIpc) is 3.65. The maximum absolute atomic E-state index is 14.0. The van der Waals surface area contributed by atoms with E-state index in [0.717, 1.165) is 9.37 Å². The van der Waals surface area contributed by atoms with Crippen LogP contribution >= 0.6 is 15.9 Å². The van der Waals surface area contributed by atoms with Crippen molar-refractivity contribution in [3.05, 3.63) is 112 Å². The van der Waals surface area contributed by atoms with E-state index in [4.69, 9.17) is 9.47 Å². The van der Waals surface area contributed by atoms with Gasteiger partial charge in [-0.05, 0) is 30.3 Å². The third-order valence-electron chi connectivity index (χ3n) is 7.86. The molecule has 0 aliphatic carbocycles. The van der Waals surface area contributed by atoms with Gasteiger partial charge in [0.25, 0.3) is 0 Å². The largest absolute Gasteiger partial charge is 0.454 e. The summed E-state index contributed by atoms with van der Waals surface area (Å²) in [7, 11) is 0. The highest BCUT2D eigenvalue weighted by atomic mass is 79.9. The number of allylic oxidation sites excluding steroid dienone is 2. The zero-order valence-electron chi connectivity index (χ0n) is 20.9. The van der Waals surface area contributed by atoms with Crippen LogP contribution < -0.4 is 14.4 Å². The van der Waals surface area contributed by atoms with Crippen LogP contribution in [0, 0.1) is 11.8 Å². The van der Waals surface area contributed by atoms with Crippen molar-refractivity contribution < 1.29 is 28.7 Å². The molecule has 0 saturated carbocycles. The average molecular weight is 597 g/mol. The van der Waals surface area contributed by atoms with Gasteiger partial charge in [-0.2, -0.15) is 0 Å². The molecule has 3 aromatic rings. The third-order valence-corrected chi connectivity index (χ3v) is 8.39. The summed E-state index contributed by atoms with van der Waals surface area (Å²) in [5.41, 5.74) is 1.70. The topological polar surface area (TPSA) is 93.2 Å². The van der Waals surface area contributed by atoms with E-state index in [0.29, 0.717) is 33.9 Å². The van der Waals surface area contributed by atoms with Gasteiger partial charge < -0.3 is 14.4 Å². The summed E-state index contributed by atoms with van der Waals surface area (Å²) >= 11 is 3.39. The molecule has 2 amide bonds. The number of amides is 2. The van der Waals surface area contributed by atoms with Crippen molar-refractivity contribution in [2.45, 2.75) is 12.1 Å². The van der Waals surface area contributed by atoms with Crippen LogP contribution in [0.15, 0.2) is 101 Å². The number of imide groups is 1. The summed E-state index contributed by atoms with van der Waals surface area (Å²) in [5, 5.41) is 0. The lowest BCUT2D eigenvalue weighted by Crippen LogP contribution is -2.46. The second-order valence-corrected chi connectivity index (χ2v) is 10.9. The van der Waals surface area contributed by atoms with Crippen molar-refractivity contribution >= 4 is 45.0 Å². The monoisotopic (exact) mass is 596 g/mol. The highest BCUT2D eigenvalue weighted by Crippen LogP contribution is 2.48. The quantitative estimate of drug-likeness (QED) is 0.315. The molecule has 0 N–H and O–H groups in total. The van der Waals surface area contributed by atoms with Gasteiger partial charge in [0.2, 0.25) is 18.6 Å². The fraction of sp³-hybridized carbons (Fsp3) is 0.161. The minimum Gasteiger partial charge on any atom is -0.454 e. The van der Waals surface area contributed by atoms with Gasteiger partial charge in [0.15, 0.2) is 23.1 Å². The summed E-state index contributed by atoms with van der Waals surface area (Å²) < 4.78 is 11.7. The molecular weight excluding hydrogens is 576 g/mol. The Hall–Kier alpha value is -4.50. The van der Waals surface area contributed by atoms with Crippen molar-refractivity contribution in [3.63, 3.8) is 0 Å². The molecular formula is C31H21BrN2O6. The number of Topliss-reactive ketones (excluding diaryl/α,β-unsaturated/α-hetero) is 2. The Bertz CT molecular complexity index is 1650. The summed E-state index contributed by atoms with van der Waals surface area (Å²) in [6.07, 6.45) is 5.04. The molecule has 0 spiro atoms. The van der Waals surface area contributed by atoms with Crippen LogP contribution in [0.5, 0.6) is 11.5 Å².